The fourth-order valence-corrected chi connectivity index (χ4v) is 1.21. The number of aromatic carboxylic acids is 1. The van der Waals surface area contributed by atoms with Gasteiger partial charge in [0.05, 0.1) is 18.8 Å². The number of carboxylic acid groups (broad SMARTS) is 1. The maximum atomic E-state index is 10.6. The predicted octanol–water partition coefficient (Wildman–Crippen LogP) is 1.71. The summed E-state index contributed by atoms with van der Waals surface area (Å²) in [7, 11) is 0. The summed E-state index contributed by atoms with van der Waals surface area (Å²) in [4.78, 5) is 10.6. The van der Waals surface area contributed by atoms with E-state index < -0.39 is 5.97 Å². The second kappa shape index (κ2) is 7.14. The number of hydrogen-bond acceptors (Lipinski definition) is 4. The van der Waals surface area contributed by atoms with E-state index in [0.29, 0.717) is 31.3 Å². The van der Waals surface area contributed by atoms with Crippen molar-refractivity contribution in [2.45, 2.75) is 0 Å². The van der Waals surface area contributed by atoms with E-state index in [4.69, 9.17) is 14.6 Å². The summed E-state index contributed by atoms with van der Waals surface area (Å²) in [5.74, 6) is 0.385. The molecule has 0 spiro atoms. The molecule has 0 unspecified atom stereocenters. The van der Waals surface area contributed by atoms with Gasteiger partial charge in [0.2, 0.25) is 0 Å². The van der Waals surface area contributed by atoms with Crippen LogP contribution < -0.4 is 4.74 Å². The smallest absolute Gasteiger partial charge is 0.335 e. The van der Waals surface area contributed by atoms with E-state index in [-0.39, 0.29) is 5.56 Å². The first-order chi connectivity index (χ1) is 7.74. The quantitative estimate of drug-likeness (QED) is 0.564. The first-order valence-corrected chi connectivity index (χ1v) is 5.52. The molecule has 0 aliphatic carbocycles. The molecule has 0 bridgehead atoms. The van der Waals surface area contributed by atoms with Crippen LogP contribution in [0.25, 0.3) is 0 Å². The molecule has 0 atom stereocenters. The Balaban J connectivity index is 2.29. The number of carboxylic acids is 1. The fraction of sp³-hybridized carbons (Fsp3) is 0.364. The van der Waals surface area contributed by atoms with Crippen molar-refractivity contribution in [2.75, 3.05) is 25.6 Å². The zero-order valence-electron chi connectivity index (χ0n) is 8.76. The minimum atomic E-state index is -0.941. The minimum Gasteiger partial charge on any atom is -0.491 e. The van der Waals surface area contributed by atoms with E-state index in [0.717, 1.165) is 0 Å². The molecule has 0 aliphatic heterocycles. The van der Waals surface area contributed by atoms with Gasteiger partial charge in [-0.05, 0) is 24.3 Å². The summed E-state index contributed by atoms with van der Waals surface area (Å²) < 4.78 is 10.5. The lowest BCUT2D eigenvalue weighted by molar-refractivity contribution is 0.0696. The second-order valence-corrected chi connectivity index (χ2v) is 3.46. The van der Waals surface area contributed by atoms with Crippen molar-refractivity contribution in [1.82, 2.24) is 0 Å². The third-order valence-electron chi connectivity index (χ3n) is 1.83. The highest BCUT2D eigenvalue weighted by Gasteiger charge is 2.01. The van der Waals surface area contributed by atoms with E-state index in [2.05, 4.69) is 12.6 Å². The Morgan fingerprint density at radius 2 is 1.88 bits per heavy atom. The molecular weight excluding hydrogens is 228 g/mol. The first-order valence-electron chi connectivity index (χ1n) is 4.89. The summed E-state index contributed by atoms with van der Waals surface area (Å²) in [5, 5.41) is 8.68. The SMILES string of the molecule is O=C(O)c1ccc(OCCOCCS)cc1. The molecule has 1 aromatic carbocycles. The number of benzene rings is 1. The van der Waals surface area contributed by atoms with Gasteiger partial charge in [-0.15, -0.1) is 0 Å². The number of carbonyl (C=O) groups is 1. The van der Waals surface area contributed by atoms with Crippen LogP contribution >= 0.6 is 12.6 Å². The zero-order valence-corrected chi connectivity index (χ0v) is 9.65. The van der Waals surface area contributed by atoms with E-state index in [1.165, 1.54) is 12.1 Å². The maximum Gasteiger partial charge on any atom is 0.335 e. The van der Waals surface area contributed by atoms with Crippen LogP contribution in [0.5, 0.6) is 5.75 Å². The molecule has 1 N–H and O–H groups in total. The summed E-state index contributed by atoms with van der Waals surface area (Å²) >= 11 is 4.00. The third kappa shape index (κ3) is 4.55. The number of thiol groups is 1. The lowest BCUT2D eigenvalue weighted by Gasteiger charge is -2.06. The minimum absolute atomic E-state index is 0.249. The van der Waals surface area contributed by atoms with Crippen molar-refractivity contribution in [1.29, 1.82) is 0 Å². The van der Waals surface area contributed by atoms with Crippen molar-refractivity contribution < 1.29 is 19.4 Å². The molecule has 4 nitrogen and oxygen atoms in total. The molecule has 0 fully saturated rings. The highest BCUT2D eigenvalue weighted by Crippen LogP contribution is 2.11. The van der Waals surface area contributed by atoms with Crippen LogP contribution in [-0.2, 0) is 4.74 Å². The van der Waals surface area contributed by atoms with Crippen LogP contribution in [0.3, 0.4) is 0 Å². The van der Waals surface area contributed by atoms with Crippen LogP contribution in [0.2, 0.25) is 0 Å². The van der Waals surface area contributed by atoms with Gasteiger partial charge in [0.25, 0.3) is 0 Å². The van der Waals surface area contributed by atoms with Gasteiger partial charge in [0.15, 0.2) is 0 Å². The van der Waals surface area contributed by atoms with Gasteiger partial charge in [-0.2, -0.15) is 12.6 Å². The van der Waals surface area contributed by atoms with Gasteiger partial charge in [-0.1, -0.05) is 0 Å². The van der Waals surface area contributed by atoms with Crippen molar-refractivity contribution >= 4 is 18.6 Å². The Kier molecular flexibility index (Phi) is 5.74. The van der Waals surface area contributed by atoms with E-state index >= 15 is 0 Å². The maximum absolute atomic E-state index is 10.6. The fourth-order valence-electron chi connectivity index (χ4n) is 1.08. The van der Waals surface area contributed by atoms with Crippen LogP contribution in [0, 0.1) is 0 Å². The largest absolute Gasteiger partial charge is 0.491 e. The molecule has 1 rings (SSSR count). The Morgan fingerprint density at radius 3 is 2.44 bits per heavy atom. The molecular formula is C11H14O4S. The molecule has 0 amide bonds. The van der Waals surface area contributed by atoms with Crippen molar-refractivity contribution in [3.05, 3.63) is 29.8 Å². The third-order valence-corrected chi connectivity index (χ3v) is 2.02. The van der Waals surface area contributed by atoms with Crippen LogP contribution in [0.4, 0.5) is 0 Å². The molecule has 0 saturated heterocycles. The molecule has 0 saturated carbocycles. The van der Waals surface area contributed by atoms with Crippen molar-refractivity contribution in [3.63, 3.8) is 0 Å². The van der Waals surface area contributed by atoms with Crippen LogP contribution in [-0.4, -0.2) is 36.6 Å². The molecule has 0 radical (unpaired) electrons. The lowest BCUT2D eigenvalue weighted by Crippen LogP contribution is -2.08. The topological polar surface area (TPSA) is 55.8 Å². The highest BCUT2D eigenvalue weighted by molar-refractivity contribution is 7.80. The summed E-state index contributed by atoms with van der Waals surface area (Å²) in [6.45, 7) is 1.55. The average molecular weight is 242 g/mol. The van der Waals surface area contributed by atoms with Gasteiger partial charge in [-0.25, -0.2) is 4.79 Å². The average Bonchev–Trinajstić information content (AvgIpc) is 2.29. The van der Waals surface area contributed by atoms with Gasteiger partial charge >= 0.3 is 5.97 Å². The first kappa shape index (κ1) is 12.9. The Morgan fingerprint density at radius 1 is 1.19 bits per heavy atom. The number of hydrogen-bond donors (Lipinski definition) is 2. The molecule has 1 aromatic rings. The van der Waals surface area contributed by atoms with Gasteiger partial charge < -0.3 is 14.6 Å². The van der Waals surface area contributed by atoms with Crippen LogP contribution in [0.1, 0.15) is 10.4 Å². The number of ether oxygens (including phenoxy) is 2. The molecule has 0 aromatic heterocycles. The highest BCUT2D eigenvalue weighted by atomic mass is 32.1. The lowest BCUT2D eigenvalue weighted by atomic mass is 10.2. The molecule has 0 heterocycles. The van der Waals surface area contributed by atoms with Crippen molar-refractivity contribution in [2.24, 2.45) is 0 Å². The molecule has 16 heavy (non-hydrogen) atoms. The van der Waals surface area contributed by atoms with Crippen LogP contribution in [0.15, 0.2) is 24.3 Å². The van der Waals surface area contributed by atoms with Gasteiger partial charge in [0.1, 0.15) is 12.4 Å². The zero-order chi connectivity index (χ0) is 11.8. The Bertz CT molecular complexity index is 323. The molecule has 5 heteroatoms. The summed E-state index contributed by atoms with van der Waals surface area (Å²) in [6.07, 6.45) is 0. The Labute approximate surface area is 99.6 Å². The molecule has 88 valence electrons. The monoisotopic (exact) mass is 242 g/mol. The number of rotatable bonds is 7. The predicted molar refractivity (Wildman–Crippen MR) is 63.6 cm³/mol. The van der Waals surface area contributed by atoms with E-state index in [9.17, 15) is 4.79 Å². The second-order valence-electron chi connectivity index (χ2n) is 3.01. The van der Waals surface area contributed by atoms with Gasteiger partial charge in [0, 0.05) is 5.75 Å². The van der Waals surface area contributed by atoms with Gasteiger partial charge in [-0.3, -0.25) is 0 Å². The molecule has 0 aliphatic rings. The standard InChI is InChI=1S/C11H14O4S/c12-11(13)9-1-3-10(4-2-9)15-6-5-14-7-8-16/h1-4,16H,5-8H2,(H,12,13). The summed E-state index contributed by atoms with van der Waals surface area (Å²) in [5.41, 5.74) is 0.249. The van der Waals surface area contributed by atoms with E-state index in [1.54, 1.807) is 12.1 Å². The Hall–Kier alpha value is -1.20. The normalized spacial score (nSPS) is 10.1. The van der Waals surface area contributed by atoms with Crippen molar-refractivity contribution in [3.8, 4) is 5.75 Å². The summed E-state index contributed by atoms with van der Waals surface area (Å²) in [6, 6.07) is 6.27. The van der Waals surface area contributed by atoms with E-state index in [1.807, 2.05) is 0 Å².